The van der Waals surface area contributed by atoms with E-state index in [-0.39, 0.29) is 6.61 Å². The summed E-state index contributed by atoms with van der Waals surface area (Å²) in [7, 11) is 1.30. The van der Waals surface area contributed by atoms with E-state index < -0.39 is 17.5 Å². The van der Waals surface area contributed by atoms with Gasteiger partial charge in [0.1, 0.15) is 0 Å². The van der Waals surface area contributed by atoms with E-state index in [0.717, 1.165) is 0 Å². The van der Waals surface area contributed by atoms with Crippen molar-refractivity contribution in [3.05, 3.63) is 0 Å². The van der Waals surface area contributed by atoms with Crippen molar-refractivity contribution in [3.63, 3.8) is 0 Å². The Labute approximate surface area is 78.8 Å². The molecule has 0 spiro atoms. The molecule has 0 radical (unpaired) electrons. The predicted molar refractivity (Wildman–Crippen MR) is 48.3 cm³/mol. The predicted octanol–water partition coefficient (Wildman–Crippen LogP) is 0.583. The maximum atomic E-state index is 11.1. The lowest BCUT2D eigenvalue weighted by molar-refractivity contribution is -0.157. The summed E-state index contributed by atoms with van der Waals surface area (Å²) in [5.74, 6) is -1.01. The van der Waals surface area contributed by atoms with Gasteiger partial charge >= 0.3 is 5.97 Å². The van der Waals surface area contributed by atoms with Crippen LogP contribution in [0.15, 0.2) is 0 Å². The minimum Gasteiger partial charge on any atom is -0.469 e. The van der Waals surface area contributed by atoms with Crippen LogP contribution in [0.1, 0.15) is 20.8 Å². The molecular formula is C9H18O4. The second kappa shape index (κ2) is 5.19. The number of methoxy groups -OCH3 is 1. The number of hydrogen-bond acceptors (Lipinski definition) is 4. The summed E-state index contributed by atoms with van der Waals surface area (Å²) < 4.78 is 9.58. The Balaban J connectivity index is 4.17. The van der Waals surface area contributed by atoms with Gasteiger partial charge in [0.15, 0.2) is 0 Å². The van der Waals surface area contributed by atoms with Gasteiger partial charge in [-0.1, -0.05) is 0 Å². The largest absolute Gasteiger partial charge is 0.469 e. The number of hydrogen-bond donors (Lipinski definition) is 1. The highest BCUT2D eigenvalue weighted by Crippen LogP contribution is 2.18. The quantitative estimate of drug-likeness (QED) is 0.644. The van der Waals surface area contributed by atoms with Crippen LogP contribution in [0.25, 0.3) is 0 Å². The highest BCUT2D eigenvalue weighted by atomic mass is 16.5. The zero-order chi connectivity index (χ0) is 10.5. The smallest absolute Gasteiger partial charge is 0.311 e. The summed E-state index contributed by atoms with van der Waals surface area (Å²) in [5.41, 5.74) is -1.16. The fourth-order valence-corrected chi connectivity index (χ4v) is 0.864. The van der Waals surface area contributed by atoms with Gasteiger partial charge in [-0.2, -0.15) is 0 Å². The normalized spacial score (nSPS) is 17.6. The minimum absolute atomic E-state index is 0.139. The van der Waals surface area contributed by atoms with E-state index >= 15 is 0 Å². The maximum absolute atomic E-state index is 11.1. The highest BCUT2D eigenvalue weighted by molar-refractivity contribution is 5.73. The molecule has 0 amide bonds. The maximum Gasteiger partial charge on any atom is 0.311 e. The molecule has 0 heterocycles. The Bertz CT molecular complexity index is 165. The van der Waals surface area contributed by atoms with Crippen LogP contribution in [-0.4, -0.2) is 37.0 Å². The molecule has 0 saturated heterocycles. The Kier molecular flexibility index (Phi) is 4.95. The second-order valence-electron chi connectivity index (χ2n) is 3.24. The number of aliphatic hydroxyl groups is 1. The molecule has 78 valence electrons. The molecular weight excluding hydrogens is 172 g/mol. The van der Waals surface area contributed by atoms with E-state index in [0.29, 0.717) is 6.61 Å². The lowest BCUT2D eigenvalue weighted by Crippen LogP contribution is -2.42. The van der Waals surface area contributed by atoms with Crippen LogP contribution < -0.4 is 0 Å². The molecule has 0 aliphatic rings. The average molecular weight is 190 g/mol. The fourth-order valence-electron chi connectivity index (χ4n) is 0.864. The van der Waals surface area contributed by atoms with Crippen LogP contribution in [0.4, 0.5) is 0 Å². The third-order valence-electron chi connectivity index (χ3n) is 2.09. The van der Waals surface area contributed by atoms with Crippen LogP contribution in [0, 0.1) is 5.92 Å². The van der Waals surface area contributed by atoms with Gasteiger partial charge in [-0.15, -0.1) is 0 Å². The van der Waals surface area contributed by atoms with E-state index in [2.05, 4.69) is 4.74 Å². The fraction of sp³-hybridized carbons (Fsp3) is 0.889. The third-order valence-corrected chi connectivity index (χ3v) is 2.09. The monoisotopic (exact) mass is 190 g/mol. The van der Waals surface area contributed by atoms with E-state index in [1.807, 2.05) is 6.92 Å². The van der Waals surface area contributed by atoms with Crippen molar-refractivity contribution in [2.45, 2.75) is 26.4 Å². The molecule has 0 aliphatic carbocycles. The molecule has 0 rings (SSSR count). The summed E-state index contributed by atoms with van der Waals surface area (Å²) >= 11 is 0. The van der Waals surface area contributed by atoms with Crippen molar-refractivity contribution < 1.29 is 19.4 Å². The van der Waals surface area contributed by atoms with Crippen molar-refractivity contribution in [2.24, 2.45) is 5.92 Å². The van der Waals surface area contributed by atoms with E-state index in [4.69, 9.17) is 4.74 Å². The third kappa shape index (κ3) is 3.74. The van der Waals surface area contributed by atoms with E-state index in [1.165, 1.54) is 7.11 Å². The molecule has 0 aliphatic heterocycles. The van der Waals surface area contributed by atoms with Crippen molar-refractivity contribution in [1.29, 1.82) is 0 Å². The molecule has 4 heteroatoms. The topological polar surface area (TPSA) is 55.8 Å². The van der Waals surface area contributed by atoms with Crippen molar-refractivity contribution >= 4 is 5.97 Å². The molecule has 0 aromatic carbocycles. The first kappa shape index (κ1) is 12.4. The number of rotatable bonds is 5. The lowest BCUT2D eigenvalue weighted by atomic mass is 9.92. The van der Waals surface area contributed by atoms with Gasteiger partial charge in [-0.25, -0.2) is 0 Å². The highest BCUT2D eigenvalue weighted by Gasteiger charge is 2.34. The first-order chi connectivity index (χ1) is 5.95. The number of carbonyl (C=O) groups is 1. The number of ether oxygens (including phenoxy) is 2. The molecule has 4 nitrogen and oxygen atoms in total. The lowest BCUT2D eigenvalue weighted by Gasteiger charge is -2.27. The van der Waals surface area contributed by atoms with Crippen LogP contribution in [0.3, 0.4) is 0 Å². The summed E-state index contributed by atoms with van der Waals surface area (Å²) in [4.78, 5) is 11.1. The number of carbonyl (C=O) groups excluding carboxylic acids is 1. The van der Waals surface area contributed by atoms with Crippen LogP contribution >= 0.6 is 0 Å². The standard InChI is InChI=1S/C9H18O4/c1-5-13-6-9(3,11)7(2)8(10)12-4/h7,11H,5-6H2,1-4H3. The summed E-state index contributed by atoms with van der Waals surface area (Å²) in [6.45, 7) is 5.66. The minimum atomic E-state index is -1.16. The first-order valence-electron chi connectivity index (χ1n) is 4.33. The molecule has 1 N–H and O–H groups in total. The average Bonchev–Trinajstić information content (AvgIpc) is 2.12. The van der Waals surface area contributed by atoms with Crippen LogP contribution in [0.2, 0.25) is 0 Å². The van der Waals surface area contributed by atoms with Gasteiger partial charge in [-0.3, -0.25) is 4.79 Å². The molecule has 2 unspecified atom stereocenters. The molecule has 13 heavy (non-hydrogen) atoms. The van der Waals surface area contributed by atoms with Gasteiger partial charge in [0.25, 0.3) is 0 Å². The van der Waals surface area contributed by atoms with Gasteiger partial charge < -0.3 is 14.6 Å². The second-order valence-corrected chi connectivity index (χ2v) is 3.24. The summed E-state index contributed by atoms with van der Waals surface area (Å²) in [6, 6.07) is 0. The summed E-state index contributed by atoms with van der Waals surface area (Å²) in [5, 5.41) is 9.79. The van der Waals surface area contributed by atoms with Gasteiger partial charge in [-0.05, 0) is 20.8 Å². The van der Waals surface area contributed by atoms with Gasteiger partial charge in [0.05, 0.1) is 25.2 Å². The Morgan fingerprint density at radius 3 is 2.54 bits per heavy atom. The molecule has 0 fully saturated rings. The Morgan fingerprint density at radius 2 is 2.15 bits per heavy atom. The Morgan fingerprint density at radius 1 is 1.62 bits per heavy atom. The van der Waals surface area contributed by atoms with E-state index in [9.17, 15) is 9.90 Å². The van der Waals surface area contributed by atoms with Crippen molar-refractivity contribution in [3.8, 4) is 0 Å². The molecule has 2 atom stereocenters. The van der Waals surface area contributed by atoms with Gasteiger partial charge in [0.2, 0.25) is 0 Å². The summed E-state index contributed by atoms with van der Waals surface area (Å²) in [6.07, 6.45) is 0. The first-order valence-corrected chi connectivity index (χ1v) is 4.33. The molecule has 0 aromatic rings. The van der Waals surface area contributed by atoms with Crippen LogP contribution in [0.5, 0.6) is 0 Å². The van der Waals surface area contributed by atoms with E-state index in [1.54, 1.807) is 13.8 Å². The molecule has 0 bridgehead atoms. The SMILES string of the molecule is CCOCC(C)(O)C(C)C(=O)OC. The Hall–Kier alpha value is -0.610. The number of esters is 1. The van der Waals surface area contributed by atoms with Crippen LogP contribution in [-0.2, 0) is 14.3 Å². The zero-order valence-corrected chi connectivity index (χ0v) is 8.66. The molecule has 0 saturated carbocycles. The van der Waals surface area contributed by atoms with Gasteiger partial charge in [0, 0.05) is 6.61 Å². The molecule has 0 aromatic heterocycles. The zero-order valence-electron chi connectivity index (χ0n) is 8.66. The van der Waals surface area contributed by atoms with Crippen molar-refractivity contribution in [1.82, 2.24) is 0 Å². The van der Waals surface area contributed by atoms with Crippen molar-refractivity contribution in [2.75, 3.05) is 20.3 Å².